The number of halogens is 6. The second-order valence-corrected chi connectivity index (χ2v) is 16.4. The zero-order valence-corrected chi connectivity index (χ0v) is 21.2. The van der Waals surface area contributed by atoms with Crippen molar-refractivity contribution in [3.8, 4) is 0 Å². The lowest BCUT2D eigenvalue weighted by atomic mass is 9.70. The molecule has 0 radical (unpaired) electrons. The highest BCUT2D eigenvalue weighted by Gasteiger charge is 2.82. The Labute approximate surface area is 197 Å². The normalized spacial score (nSPS) is 26.3. The molecule has 2 N–H and O–H groups in total. The summed E-state index contributed by atoms with van der Waals surface area (Å²) in [4.78, 5) is 12.4. The van der Waals surface area contributed by atoms with Gasteiger partial charge >= 0.3 is 16.4 Å². The van der Waals surface area contributed by atoms with E-state index in [0.717, 1.165) is 0 Å². The van der Waals surface area contributed by atoms with Crippen LogP contribution in [0, 0.1) is 16.7 Å². The average molecular weight is 603 g/mol. The van der Waals surface area contributed by atoms with Gasteiger partial charge in [-0.2, -0.15) is 26.3 Å². The van der Waals surface area contributed by atoms with E-state index in [1.807, 2.05) is 0 Å². The maximum absolute atomic E-state index is 14.2. The molecular formula is C14H20F6N2O9S4. The Morgan fingerprint density at radius 2 is 1.29 bits per heavy atom. The van der Waals surface area contributed by atoms with Crippen molar-refractivity contribution in [2.24, 2.45) is 16.7 Å². The third-order valence-corrected chi connectivity index (χ3v) is 13.2. The molecule has 2 unspecified atom stereocenters. The topological polar surface area (TPSA) is 178 Å². The molecule has 0 saturated heterocycles. The lowest BCUT2D eigenvalue weighted by Crippen LogP contribution is -2.65. The smallest absolute Gasteiger partial charge is 0.299 e. The van der Waals surface area contributed by atoms with Gasteiger partial charge in [0.1, 0.15) is 5.78 Å². The molecule has 2 aliphatic carbocycles. The average Bonchev–Trinajstić information content (AvgIpc) is 2.91. The molecule has 2 atom stereocenters. The number of nitrogens with one attached hydrogen (secondary N) is 2. The van der Waals surface area contributed by atoms with Gasteiger partial charge in [0.15, 0.2) is 0 Å². The first kappa shape index (κ1) is 30.2. The molecule has 2 bridgehead atoms. The highest BCUT2D eigenvalue weighted by Crippen LogP contribution is 2.64. The molecule has 21 heteroatoms. The molecule has 2 rings (SSSR count). The van der Waals surface area contributed by atoms with Crippen LogP contribution in [0.2, 0.25) is 0 Å². The summed E-state index contributed by atoms with van der Waals surface area (Å²) in [6.07, 6.45) is -0.0152. The molecule has 35 heavy (non-hydrogen) atoms. The summed E-state index contributed by atoms with van der Waals surface area (Å²) in [5, 5.41) is -14.2. The number of hydrogen-bond donors (Lipinski definition) is 2. The molecule has 0 aromatic carbocycles. The minimum absolute atomic E-state index is 0.00313. The summed E-state index contributed by atoms with van der Waals surface area (Å²) in [5.41, 5.74) is -2.84. The second-order valence-electron chi connectivity index (χ2n) is 8.98. The predicted molar refractivity (Wildman–Crippen MR) is 106 cm³/mol. The van der Waals surface area contributed by atoms with Gasteiger partial charge in [-0.25, -0.2) is 33.7 Å². The third kappa shape index (κ3) is 4.48. The van der Waals surface area contributed by atoms with Crippen molar-refractivity contribution in [3.63, 3.8) is 0 Å². The first-order valence-electron chi connectivity index (χ1n) is 9.26. The van der Waals surface area contributed by atoms with Crippen LogP contribution in [0.3, 0.4) is 0 Å². The lowest BCUT2D eigenvalue weighted by molar-refractivity contribution is -0.244. The monoisotopic (exact) mass is 602 g/mol. The zero-order chi connectivity index (χ0) is 27.9. The number of ketones is 1. The number of Topliss-reactive ketones (excluding diaryl/α,β-unsaturated/α-hetero) is 1. The number of rotatable bonds is 10. The van der Waals surface area contributed by atoms with Crippen LogP contribution in [0.15, 0.2) is 0 Å². The SMILES string of the molecule is CC1(C)C2CCC1(CS(=O)(=O)NS(=O)(=O)C(F)(F)C(F)(F)C(F)(F)S(=O)(=O)NS(C)(=O)=O)C(=O)C2. The summed E-state index contributed by atoms with van der Waals surface area (Å²) in [7, 11) is -25.4. The van der Waals surface area contributed by atoms with Gasteiger partial charge in [0, 0.05) is 11.8 Å². The summed E-state index contributed by atoms with van der Waals surface area (Å²) >= 11 is 0. The fraction of sp³-hybridized carbons (Fsp3) is 0.929. The van der Waals surface area contributed by atoms with E-state index in [1.54, 1.807) is 0 Å². The van der Waals surface area contributed by atoms with E-state index in [4.69, 9.17) is 0 Å². The van der Waals surface area contributed by atoms with Gasteiger partial charge in [-0.1, -0.05) is 13.8 Å². The van der Waals surface area contributed by atoms with Crippen molar-refractivity contribution in [3.05, 3.63) is 0 Å². The Hall–Kier alpha value is -1.03. The van der Waals surface area contributed by atoms with Crippen LogP contribution in [0.25, 0.3) is 0 Å². The molecular weight excluding hydrogens is 582 g/mol. The van der Waals surface area contributed by atoms with Crippen molar-refractivity contribution in [1.82, 2.24) is 8.25 Å². The molecule has 0 aliphatic heterocycles. The maximum atomic E-state index is 14.2. The number of sulfonamides is 4. The highest BCUT2D eigenvalue weighted by atomic mass is 32.3. The molecule has 0 spiro atoms. The van der Waals surface area contributed by atoms with Crippen molar-refractivity contribution in [2.45, 2.75) is 49.5 Å². The largest absolute Gasteiger partial charge is 0.429 e. The number of carbonyl (C=O) groups excluding carboxylic acids is 1. The van der Waals surface area contributed by atoms with Crippen LogP contribution < -0.4 is 8.25 Å². The molecule has 0 heterocycles. The molecule has 0 amide bonds. The van der Waals surface area contributed by atoms with E-state index >= 15 is 0 Å². The Bertz CT molecular complexity index is 1360. The number of fused-ring (bicyclic) bond motifs is 2. The van der Waals surface area contributed by atoms with Crippen LogP contribution in [0.4, 0.5) is 26.3 Å². The van der Waals surface area contributed by atoms with E-state index in [2.05, 4.69) is 0 Å². The first-order chi connectivity index (χ1) is 15.1. The minimum atomic E-state index is -7.39. The van der Waals surface area contributed by atoms with E-state index in [9.17, 15) is 64.8 Å². The number of alkyl halides is 6. The van der Waals surface area contributed by atoms with Crippen molar-refractivity contribution in [1.29, 1.82) is 0 Å². The van der Waals surface area contributed by atoms with Crippen molar-refractivity contribution < 1.29 is 64.8 Å². The Kier molecular flexibility index (Phi) is 6.89. The molecule has 2 fully saturated rings. The van der Waals surface area contributed by atoms with Gasteiger partial charge < -0.3 is 0 Å². The molecule has 206 valence electrons. The van der Waals surface area contributed by atoms with Crippen molar-refractivity contribution in [2.75, 3.05) is 12.0 Å². The van der Waals surface area contributed by atoms with Gasteiger partial charge in [0.05, 0.1) is 12.0 Å². The predicted octanol–water partition coefficient (Wildman–Crippen LogP) is 0.331. The zero-order valence-electron chi connectivity index (χ0n) is 18.0. The molecule has 2 aliphatic rings. The molecule has 0 aromatic rings. The van der Waals surface area contributed by atoms with Crippen LogP contribution in [-0.2, 0) is 44.9 Å². The van der Waals surface area contributed by atoms with Crippen LogP contribution >= 0.6 is 0 Å². The second kappa shape index (κ2) is 7.98. The quantitative estimate of drug-likeness (QED) is 0.334. The summed E-state index contributed by atoms with van der Waals surface area (Å²) in [6.45, 7) is 2.92. The Morgan fingerprint density at radius 1 is 0.857 bits per heavy atom. The Morgan fingerprint density at radius 3 is 1.63 bits per heavy atom. The summed E-state index contributed by atoms with van der Waals surface area (Å²) in [5.74, 6) is -9.83. The molecule has 0 aromatic heterocycles. The van der Waals surface area contributed by atoms with Crippen molar-refractivity contribution >= 4 is 45.9 Å². The summed E-state index contributed by atoms with van der Waals surface area (Å²) in [6, 6.07) is 0. The Balaban J connectivity index is 2.46. The fourth-order valence-corrected chi connectivity index (χ4v) is 10.8. The van der Waals surface area contributed by atoms with Gasteiger partial charge in [0.25, 0.3) is 20.0 Å². The minimum Gasteiger partial charge on any atom is -0.299 e. The van der Waals surface area contributed by atoms with Gasteiger partial charge in [-0.15, -0.1) is 8.25 Å². The third-order valence-electron chi connectivity index (χ3n) is 6.48. The number of carbonyl (C=O) groups is 1. The fourth-order valence-electron chi connectivity index (χ4n) is 4.44. The van der Waals surface area contributed by atoms with Gasteiger partial charge in [-0.3, -0.25) is 4.79 Å². The highest BCUT2D eigenvalue weighted by molar-refractivity contribution is 8.06. The number of hydrogen-bond acceptors (Lipinski definition) is 9. The van der Waals surface area contributed by atoms with Crippen LogP contribution in [0.1, 0.15) is 33.1 Å². The molecule has 11 nitrogen and oxygen atoms in total. The lowest BCUT2D eigenvalue weighted by Gasteiger charge is -2.36. The van der Waals surface area contributed by atoms with E-state index < -0.39 is 78.9 Å². The van der Waals surface area contributed by atoms with E-state index in [0.29, 0.717) is 6.42 Å². The van der Waals surface area contributed by atoms with Crippen LogP contribution in [0.5, 0.6) is 0 Å². The van der Waals surface area contributed by atoms with Gasteiger partial charge in [0.2, 0.25) is 20.0 Å². The molecule has 2 saturated carbocycles. The van der Waals surface area contributed by atoms with Gasteiger partial charge in [-0.05, 0) is 24.2 Å². The summed E-state index contributed by atoms with van der Waals surface area (Å²) < 4.78 is 178. The standard InChI is InChI=1S/C14H20F6N2O9S4/c1-10(2)8-4-5-11(10,9(23)6-8)7-33(26,27)22-35(30,31)14(19,20)12(15,16)13(17,18)34(28,29)21-32(3,24)25/h8,21-22H,4-7H2,1-3H3. The van der Waals surface area contributed by atoms with E-state index in [1.165, 1.54) is 13.8 Å². The van der Waals surface area contributed by atoms with Crippen LogP contribution in [-0.4, -0.2) is 67.9 Å². The van der Waals surface area contributed by atoms with E-state index in [-0.39, 0.29) is 33.3 Å². The maximum Gasteiger partial charge on any atom is 0.429 e. The first-order valence-corrected chi connectivity index (χ1v) is 15.8.